The summed E-state index contributed by atoms with van der Waals surface area (Å²) >= 11 is 0. The van der Waals surface area contributed by atoms with Crippen molar-refractivity contribution >= 4 is 5.82 Å². The number of alkyl halides is 2. The molecule has 0 aromatic carbocycles. The van der Waals surface area contributed by atoms with Gasteiger partial charge in [0, 0.05) is 13.2 Å². The van der Waals surface area contributed by atoms with Crippen LogP contribution >= 0.6 is 0 Å². The van der Waals surface area contributed by atoms with Gasteiger partial charge in [0.05, 0.1) is 5.56 Å². The number of nitrogens with two attached hydrogens (primary N) is 1. The highest BCUT2D eigenvalue weighted by Gasteiger charge is 2.13. The van der Waals surface area contributed by atoms with Crippen LogP contribution in [0.4, 0.5) is 14.6 Å². The molecule has 0 unspecified atom stereocenters. The Bertz CT molecular complexity index is 231. The summed E-state index contributed by atoms with van der Waals surface area (Å²) in [5, 5.41) is 3.55. The molecular weight excluding hydrogens is 140 g/mol. The van der Waals surface area contributed by atoms with E-state index in [9.17, 15) is 8.78 Å². The topological polar surface area (TPSA) is 43.8 Å². The lowest BCUT2D eigenvalue weighted by Crippen LogP contribution is -1.92. The van der Waals surface area contributed by atoms with Gasteiger partial charge in [0.1, 0.15) is 0 Å². The molecule has 0 aliphatic carbocycles. The summed E-state index contributed by atoms with van der Waals surface area (Å²) in [4.78, 5) is 0. The number of nitrogens with zero attached hydrogens (tertiary/aromatic N) is 2. The highest BCUT2D eigenvalue weighted by Crippen LogP contribution is 2.22. The largest absolute Gasteiger partial charge is 0.382 e. The van der Waals surface area contributed by atoms with E-state index >= 15 is 0 Å². The number of aromatic nitrogens is 2. The van der Waals surface area contributed by atoms with Crippen molar-refractivity contribution < 1.29 is 8.78 Å². The molecule has 56 valence electrons. The molecule has 5 heteroatoms. The van der Waals surface area contributed by atoms with Gasteiger partial charge in [-0.15, -0.1) is 0 Å². The molecule has 1 heterocycles. The molecule has 0 saturated heterocycles. The number of hydrogen-bond acceptors (Lipinski definition) is 2. The Morgan fingerprint density at radius 1 is 1.70 bits per heavy atom. The van der Waals surface area contributed by atoms with Crippen LogP contribution in [0, 0.1) is 0 Å². The van der Waals surface area contributed by atoms with E-state index in [4.69, 9.17) is 5.73 Å². The molecule has 1 aromatic rings. The summed E-state index contributed by atoms with van der Waals surface area (Å²) in [6.07, 6.45) is -1.33. The first-order valence-corrected chi connectivity index (χ1v) is 2.68. The lowest BCUT2D eigenvalue weighted by Gasteiger charge is -1.91. The number of nitrogen functional groups attached to an aromatic ring is 1. The molecule has 0 atom stereocenters. The summed E-state index contributed by atoms with van der Waals surface area (Å²) < 4.78 is 25.1. The molecule has 1 aromatic heterocycles. The maximum Gasteiger partial charge on any atom is 0.268 e. The van der Waals surface area contributed by atoms with Gasteiger partial charge < -0.3 is 5.73 Å². The van der Waals surface area contributed by atoms with E-state index in [1.54, 1.807) is 7.05 Å². The molecule has 3 nitrogen and oxygen atoms in total. The van der Waals surface area contributed by atoms with Gasteiger partial charge in [0.2, 0.25) is 0 Å². The van der Waals surface area contributed by atoms with E-state index in [1.165, 1.54) is 10.9 Å². The van der Waals surface area contributed by atoms with E-state index in [0.29, 0.717) is 0 Å². The summed E-state index contributed by atoms with van der Waals surface area (Å²) in [5.74, 6) is -0.0995. The van der Waals surface area contributed by atoms with Crippen LogP contribution in [0.25, 0.3) is 0 Å². The first-order chi connectivity index (χ1) is 4.61. The second kappa shape index (κ2) is 2.24. The van der Waals surface area contributed by atoms with Crippen molar-refractivity contribution in [2.75, 3.05) is 5.73 Å². The van der Waals surface area contributed by atoms with Crippen LogP contribution < -0.4 is 5.73 Å². The molecule has 2 N–H and O–H groups in total. The highest BCUT2D eigenvalue weighted by molar-refractivity contribution is 5.37. The standard InChI is InChI=1S/C5H7F2N3/c1-10-2-3(4(6)7)5(8)9-10/h2,4H,1H3,(H2,8,9). The third-order valence-corrected chi connectivity index (χ3v) is 1.12. The maximum absolute atomic E-state index is 11.9. The van der Waals surface area contributed by atoms with Crippen LogP contribution in [-0.4, -0.2) is 9.78 Å². The van der Waals surface area contributed by atoms with Crippen LogP contribution in [0.1, 0.15) is 12.0 Å². The number of aryl methyl sites for hydroxylation is 1. The fraction of sp³-hybridized carbons (Fsp3) is 0.400. The fourth-order valence-corrected chi connectivity index (χ4v) is 0.692. The average Bonchev–Trinajstić information content (AvgIpc) is 2.10. The average molecular weight is 147 g/mol. The molecule has 0 aliphatic rings. The van der Waals surface area contributed by atoms with Gasteiger partial charge in [-0.25, -0.2) is 8.78 Å². The minimum absolute atomic E-state index is 0.0995. The van der Waals surface area contributed by atoms with Crippen LogP contribution in [0.3, 0.4) is 0 Å². The minimum Gasteiger partial charge on any atom is -0.382 e. The van der Waals surface area contributed by atoms with E-state index in [0.717, 1.165) is 0 Å². The van der Waals surface area contributed by atoms with Crippen molar-refractivity contribution in [1.82, 2.24) is 9.78 Å². The summed E-state index contributed by atoms with van der Waals surface area (Å²) in [5.41, 5.74) is 4.92. The zero-order valence-corrected chi connectivity index (χ0v) is 5.38. The van der Waals surface area contributed by atoms with Crippen molar-refractivity contribution in [2.45, 2.75) is 6.43 Å². The van der Waals surface area contributed by atoms with Gasteiger partial charge >= 0.3 is 0 Å². The van der Waals surface area contributed by atoms with Gasteiger partial charge in [-0.1, -0.05) is 0 Å². The number of rotatable bonds is 1. The van der Waals surface area contributed by atoms with Crippen molar-refractivity contribution in [2.24, 2.45) is 7.05 Å². The van der Waals surface area contributed by atoms with Crippen LogP contribution in [-0.2, 0) is 7.05 Å². The molecule has 0 bridgehead atoms. The zero-order chi connectivity index (χ0) is 7.72. The Hall–Kier alpha value is -1.13. The molecule has 0 aliphatic heterocycles. The second-order valence-corrected chi connectivity index (χ2v) is 1.94. The predicted molar refractivity (Wildman–Crippen MR) is 32.6 cm³/mol. The van der Waals surface area contributed by atoms with Crippen molar-refractivity contribution in [3.63, 3.8) is 0 Å². The second-order valence-electron chi connectivity index (χ2n) is 1.94. The van der Waals surface area contributed by atoms with E-state index in [1.807, 2.05) is 0 Å². The number of hydrogen-bond donors (Lipinski definition) is 1. The Labute approximate surface area is 56.4 Å². The molecular formula is C5H7F2N3. The number of anilines is 1. The monoisotopic (exact) mass is 147 g/mol. The summed E-state index contributed by atoms with van der Waals surface area (Å²) in [7, 11) is 1.54. The van der Waals surface area contributed by atoms with E-state index < -0.39 is 6.43 Å². The fourth-order valence-electron chi connectivity index (χ4n) is 0.692. The molecule has 0 spiro atoms. The molecule has 0 saturated carbocycles. The Balaban J connectivity index is 3.03. The van der Waals surface area contributed by atoms with E-state index in [-0.39, 0.29) is 11.4 Å². The Kier molecular flexibility index (Phi) is 1.57. The Morgan fingerprint density at radius 2 is 2.30 bits per heavy atom. The van der Waals surface area contributed by atoms with Crippen molar-refractivity contribution in [1.29, 1.82) is 0 Å². The third-order valence-electron chi connectivity index (χ3n) is 1.12. The SMILES string of the molecule is Cn1cc(C(F)F)c(N)n1. The first-order valence-electron chi connectivity index (χ1n) is 2.68. The van der Waals surface area contributed by atoms with Gasteiger partial charge in [-0.05, 0) is 0 Å². The minimum atomic E-state index is -2.53. The third kappa shape index (κ3) is 1.07. The van der Waals surface area contributed by atoms with Crippen molar-refractivity contribution in [3.05, 3.63) is 11.8 Å². The predicted octanol–water partition coefficient (Wildman–Crippen LogP) is 0.940. The number of halogens is 2. The molecule has 0 radical (unpaired) electrons. The quantitative estimate of drug-likeness (QED) is 0.642. The molecule has 0 fully saturated rings. The van der Waals surface area contributed by atoms with E-state index in [2.05, 4.69) is 5.10 Å². The Morgan fingerprint density at radius 3 is 2.50 bits per heavy atom. The molecule has 1 rings (SSSR count). The highest BCUT2D eigenvalue weighted by atomic mass is 19.3. The van der Waals surface area contributed by atoms with Gasteiger partial charge in [0.15, 0.2) is 5.82 Å². The van der Waals surface area contributed by atoms with Crippen LogP contribution in [0.5, 0.6) is 0 Å². The lowest BCUT2D eigenvalue weighted by atomic mass is 10.3. The normalized spacial score (nSPS) is 10.8. The first kappa shape index (κ1) is 6.98. The van der Waals surface area contributed by atoms with Crippen LogP contribution in [0.15, 0.2) is 6.20 Å². The van der Waals surface area contributed by atoms with Gasteiger partial charge in [0.25, 0.3) is 6.43 Å². The summed E-state index contributed by atoms with van der Waals surface area (Å²) in [6, 6.07) is 0. The maximum atomic E-state index is 11.9. The zero-order valence-electron chi connectivity index (χ0n) is 5.38. The summed E-state index contributed by atoms with van der Waals surface area (Å²) in [6.45, 7) is 0. The lowest BCUT2D eigenvalue weighted by molar-refractivity contribution is 0.152. The van der Waals surface area contributed by atoms with Gasteiger partial charge in [-0.2, -0.15) is 5.10 Å². The molecule has 0 amide bonds. The smallest absolute Gasteiger partial charge is 0.268 e. The van der Waals surface area contributed by atoms with Gasteiger partial charge in [-0.3, -0.25) is 4.68 Å². The van der Waals surface area contributed by atoms with Crippen LogP contribution in [0.2, 0.25) is 0 Å². The van der Waals surface area contributed by atoms with Crippen molar-refractivity contribution in [3.8, 4) is 0 Å². The molecule has 10 heavy (non-hydrogen) atoms.